The standard InChI is InChI=1S/C22H25N5O2S/c1-29-20-18-19(17(13-23-20)15-5-3-2-4-6-15)30-21(25-18)27(14-28)16-7-9-22(10-8-16)11-12-24-26-22/h2-6,13-14,16,24,26H,7-12H2,1H3. The van der Waals surface area contributed by atoms with Gasteiger partial charge in [-0.1, -0.05) is 41.7 Å². The summed E-state index contributed by atoms with van der Waals surface area (Å²) in [6.07, 6.45) is 7.94. The van der Waals surface area contributed by atoms with E-state index in [0.29, 0.717) is 16.5 Å². The number of ether oxygens (including phenoxy) is 1. The molecular weight excluding hydrogens is 398 g/mol. The first kappa shape index (κ1) is 19.4. The fraction of sp³-hybridized carbons (Fsp3) is 0.409. The molecule has 3 aromatic rings. The van der Waals surface area contributed by atoms with Crippen LogP contribution in [-0.2, 0) is 4.79 Å². The first-order valence-electron chi connectivity index (χ1n) is 10.4. The van der Waals surface area contributed by atoms with Crippen LogP contribution in [0.2, 0.25) is 0 Å². The quantitative estimate of drug-likeness (QED) is 0.612. The van der Waals surface area contributed by atoms with Gasteiger partial charge in [0.1, 0.15) is 5.52 Å². The molecule has 30 heavy (non-hydrogen) atoms. The molecule has 1 saturated carbocycles. The molecule has 1 amide bonds. The molecule has 1 aromatic carbocycles. The zero-order valence-corrected chi connectivity index (χ0v) is 17.7. The van der Waals surface area contributed by atoms with Gasteiger partial charge in [0.15, 0.2) is 5.13 Å². The van der Waals surface area contributed by atoms with Gasteiger partial charge in [-0.3, -0.25) is 20.5 Å². The zero-order valence-electron chi connectivity index (χ0n) is 16.9. The normalized spacial score (nSPS) is 23.7. The van der Waals surface area contributed by atoms with E-state index >= 15 is 0 Å². The number of nitrogens with one attached hydrogen (secondary N) is 2. The molecule has 7 nitrogen and oxygen atoms in total. The minimum Gasteiger partial charge on any atom is -0.479 e. The number of aromatic nitrogens is 2. The van der Waals surface area contributed by atoms with E-state index in [0.717, 1.165) is 60.9 Å². The molecule has 1 aliphatic heterocycles. The average Bonchev–Trinajstić information content (AvgIpc) is 3.43. The number of thiazole rings is 1. The number of amides is 1. The predicted octanol–water partition coefficient (Wildman–Crippen LogP) is 3.51. The van der Waals surface area contributed by atoms with Gasteiger partial charge in [0, 0.05) is 29.9 Å². The Morgan fingerprint density at radius 3 is 2.70 bits per heavy atom. The van der Waals surface area contributed by atoms with Crippen LogP contribution in [0.3, 0.4) is 0 Å². The largest absolute Gasteiger partial charge is 0.479 e. The number of methoxy groups -OCH3 is 1. The molecule has 0 atom stereocenters. The molecule has 1 spiro atoms. The van der Waals surface area contributed by atoms with Crippen molar-refractivity contribution in [1.82, 2.24) is 20.8 Å². The summed E-state index contributed by atoms with van der Waals surface area (Å²) < 4.78 is 6.45. The van der Waals surface area contributed by atoms with Gasteiger partial charge in [-0.2, -0.15) is 0 Å². The summed E-state index contributed by atoms with van der Waals surface area (Å²) in [5.74, 6) is 0.488. The van der Waals surface area contributed by atoms with E-state index in [1.54, 1.807) is 7.11 Å². The van der Waals surface area contributed by atoms with Gasteiger partial charge in [0.05, 0.1) is 11.8 Å². The Morgan fingerprint density at radius 1 is 1.23 bits per heavy atom. The number of hydrazine groups is 1. The number of hydrogen-bond donors (Lipinski definition) is 2. The molecule has 8 heteroatoms. The third-order valence-corrected chi connectivity index (χ3v) is 7.48. The van der Waals surface area contributed by atoms with Crippen LogP contribution < -0.4 is 20.5 Å². The van der Waals surface area contributed by atoms with E-state index < -0.39 is 0 Å². The van der Waals surface area contributed by atoms with Crippen molar-refractivity contribution in [2.75, 3.05) is 18.6 Å². The summed E-state index contributed by atoms with van der Waals surface area (Å²) in [6.45, 7) is 1.01. The Hall–Kier alpha value is -2.55. The highest BCUT2D eigenvalue weighted by Crippen LogP contribution is 2.41. The first-order chi connectivity index (χ1) is 14.7. The molecule has 5 rings (SSSR count). The number of rotatable bonds is 5. The van der Waals surface area contributed by atoms with E-state index in [1.807, 2.05) is 29.3 Å². The Balaban J connectivity index is 1.49. The fourth-order valence-electron chi connectivity index (χ4n) is 4.67. The van der Waals surface area contributed by atoms with Gasteiger partial charge >= 0.3 is 0 Å². The third-order valence-electron chi connectivity index (χ3n) is 6.37. The predicted molar refractivity (Wildman–Crippen MR) is 119 cm³/mol. The molecule has 0 radical (unpaired) electrons. The summed E-state index contributed by atoms with van der Waals surface area (Å²) in [5, 5.41) is 0.710. The molecule has 0 unspecified atom stereocenters. The molecular formula is C22H25N5O2S. The second-order valence-corrected chi connectivity index (χ2v) is 9.02. The number of benzene rings is 1. The van der Waals surface area contributed by atoms with Crippen molar-refractivity contribution in [3.05, 3.63) is 36.5 Å². The molecule has 0 bridgehead atoms. The van der Waals surface area contributed by atoms with E-state index in [9.17, 15) is 4.79 Å². The van der Waals surface area contributed by atoms with Crippen LogP contribution in [-0.4, -0.2) is 41.6 Å². The van der Waals surface area contributed by atoms with Crippen molar-refractivity contribution >= 4 is 33.1 Å². The maximum absolute atomic E-state index is 12.1. The van der Waals surface area contributed by atoms with Gasteiger partial charge in [-0.05, 0) is 37.7 Å². The van der Waals surface area contributed by atoms with Crippen LogP contribution in [0.5, 0.6) is 5.88 Å². The molecule has 2 aliphatic rings. The van der Waals surface area contributed by atoms with Gasteiger partial charge < -0.3 is 4.74 Å². The molecule has 1 saturated heterocycles. The van der Waals surface area contributed by atoms with Crippen molar-refractivity contribution in [2.45, 2.75) is 43.7 Å². The summed E-state index contributed by atoms with van der Waals surface area (Å²) in [6, 6.07) is 10.3. The van der Waals surface area contributed by atoms with Crippen LogP contribution in [0.25, 0.3) is 21.3 Å². The lowest BCUT2D eigenvalue weighted by atomic mass is 9.78. The van der Waals surface area contributed by atoms with Gasteiger partial charge in [0.2, 0.25) is 12.3 Å². The van der Waals surface area contributed by atoms with Gasteiger partial charge in [-0.25, -0.2) is 9.97 Å². The third kappa shape index (κ3) is 3.34. The Kier molecular flexibility index (Phi) is 5.14. The zero-order chi connectivity index (χ0) is 20.6. The molecule has 2 N–H and O–H groups in total. The molecule has 3 heterocycles. The van der Waals surface area contributed by atoms with Crippen molar-refractivity contribution < 1.29 is 9.53 Å². The summed E-state index contributed by atoms with van der Waals surface area (Å²) in [5.41, 5.74) is 9.69. The maximum Gasteiger partial charge on any atom is 0.241 e. The number of fused-ring (bicyclic) bond motifs is 1. The van der Waals surface area contributed by atoms with Crippen molar-refractivity contribution in [1.29, 1.82) is 0 Å². The molecule has 156 valence electrons. The number of hydrogen-bond acceptors (Lipinski definition) is 7. The minimum atomic E-state index is 0.162. The Bertz CT molecular complexity index is 1040. The number of anilines is 1. The second kappa shape index (κ2) is 7.94. The summed E-state index contributed by atoms with van der Waals surface area (Å²) >= 11 is 1.53. The Labute approximate surface area is 179 Å². The van der Waals surface area contributed by atoms with Crippen LogP contribution >= 0.6 is 11.3 Å². The SMILES string of the molecule is COc1ncc(-c2ccccc2)c2sc(N(C=O)C3CCC4(CCNN4)CC3)nc12. The van der Waals surface area contributed by atoms with E-state index in [1.165, 1.54) is 11.3 Å². The monoisotopic (exact) mass is 423 g/mol. The number of pyridine rings is 1. The lowest BCUT2D eigenvalue weighted by Crippen LogP contribution is -2.50. The number of nitrogens with zero attached hydrogens (tertiary/aromatic N) is 3. The van der Waals surface area contributed by atoms with E-state index in [-0.39, 0.29) is 11.6 Å². The minimum absolute atomic E-state index is 0.162. The van der Waals surface area contributed by atoms with E-state index in [2.05, 4.69) is 28.0 Å². The highest BCUT2D eigenvalue weighted by molar-refractivity contribution is 7.23. The summed E-state index contributed by atoms with van der Waals surface area (Å²) in [7, 11) is 1.60. The van der Waals surface area contributed by atoms with Crippen LogP contribution in [0.4, 0.5) is 5.13 Å². The summed E-state index contributed by atoms with van der Waals surface area (Å²) in [4.78, 5) is 23.2. The van der Waals surface area contributed by atoms with Crippen molar-refractivity contribution in [3.8, 4) is 17.0 Å². The Morgan fingerprint density at radius 2 is 2.03 bits per heavy atom. The van der Waals surface area contributed by atoms with Crippen molar-refractivity contribution in [2.24, 2.45) is 0 Å². The first-order valence-corrected chi connectivity index (χ1v) is 11.2. The van der Waals surface area contributed by atoms with Crippen LogP contribution in [0.1, 0.15) is 32.1 Å². The number of carbonyl (C=O) groups is 1. The average molecular weight is 424 g/mol. The van der Waals surface area contributed by atoms with E-state index in [4.69, 9.17) is 9.72 Å². The lowest BCUT2D eigenvalue weighted by Gasteiger charge is -2.39. The van der Waals surface area contributed by atoms with Gasteiger partial charge in [-0.15, -0.1) is 0 Å². The van der Waals surface area contributed by atoms with Gasteiger partial charge in [0.25, 0.3) is 0 Å². The smallest absolute Gasteiger partial charge is 0.241 e. The van der Waals surface area contributed by atoms with Crippen molar-refractivity contribution in [3.63, 3.8) is 0 Å². The van der Waals surface area contributed by atoms with Crippen LogP contribution in [0.15, 0.2) is 36.5 Å². The molecule has 1 aliphatic carbocycles. The highest BCUT2D eigenvalue weighted by Gasteiger charge is 2.39. The maximum atomic E-state index is 12.1. The molecule has 2 aromatic heterocycles. The van der Waals surface area contributed by atoms with Crippen LogP contribution in [0, 0.1) is 0 Å². The number of carbonyl (C=O) groups excluding carboxylic acids is 1. The fourth-order valence-corrected chi connectivity index (χ4v) is 5.80. The second-order valence-electron chi connectivity index (χ2n) is 8.05. The lowest BCUT2D eigenvalue weighted by molar-refractivity contribution is -0.108. The molecule has 2 fully saturated rings. The highest BCUT2D eigenvalue weighted by atomic mass is 32.1. The topological polar surface area (TPSA) is 79.4 Å².